The first kappa shape index (κ1) is 16.7. The number of hydrogen-bond acceptors (Lipinski definition) is 3. The zero-order chi connectivity index (χ0) is 16.4. The van der Waals surface area contributed by atoms with Gasteiger partial charge in [-0.1, -0.05) is 11.6 Å². The van der Waals surface area contributed by atoms with Crippen LogP contribution in [0.15, 0.2) is 29.3 Å². The minimum Gasteiger partial charge on any atom is -0.360 e. The van der Waals surface area contributed by atoms with Crippen molar-refractivity contribution >= 4 is 32.5 Å². The lowest BCUT2D eigenvalue weighted by molar-refractivity contribution is -0.0000977. The second-order valence-electron chi connectivity index (χ2n) is 4.68. The van der Waals surface area contributed by atoms with Gasteiger partial charge in [0, 0.05) is 35.0 Å². The fourth-order valence-electron chi connectivity index (χ4n) is 1.90. The van der Waals surface area contributed by atoms with Gasteiger partial charge in [-0.25, -0.2) is 21.9 Å². The molecule has 0 amide bonds. The molecule has 0 saturated carbocycles. The average molecular weight is 348 g/mol. The maximum Gasteiger partial charge on any atom is 0.262 e. The van der Waals surface area contributed by atoms with Crippen LogP contribution in [-0.4, -0.2) is 25.9 Å². The fourth-order valence-corrected chi connectivity index (χ4v) is 3.31. The Hall–Kier alpha value is -1.69. The molecule has 5 nitrogen and oxygen atoms in total. The summed E-state index contributed by atoms with van der Waals surface area (Å²) in [7, 11) is -4.10. The zero-order valence-corrected chi connectivity index (χ0v) is 12.8. The molecule has 2 N–H and O–H groups in total. The third kappa shape index (κ3) is 3.74. The maximum atomic E-state index is 13.4. The molecule has 0 saturated heterocycles. The normalized spacial score (nSPS) is 12.5. The van der Waals surface area contributed by atoms with Gasteiger partial charge in [0.15, 0.2) is 0 Å². The predicted octanol–water partition coefficient (Wildman–Crippen LogP) is 3.04. The van der Waals surface area contributed by atoms with Gasteiger partial charge in [0.05, 0.1) is 12.6 Å². The summed E-state index contributed by atoms with van der Waals surface area (Å²) < 4.78 is 53.1. The predicted molar refractivity (Wildman–Crippen MR) is 78.3 cm³/mol. The number of halogens is 3. The lowest BCUT2D eigenvalue weighted by Crippen LogP contribution is -2.36. The molecular weight excluding hydrogens is 336 g/mol. The molecule has 0 radical (unpaired) electrons. The van der Waals surface area contributed by atoms with Gasteiger partial charge in [0.25, 0.3) is 5.92 Å². The second kappa shape index (κ2) is 6.20. The molecule has 1 aromatic heterocycles. The van der Waals surface area contributed by atoms with Gasteiger partial charge in [-0.3, -0.25) is 0 Å². The first-order valence-electron chi connectivity index (χ1n) is 6.26. The summed E-state index contributed by atoms with van der Waals surface area (Å²) in [4.78, 5) is 2.60. The monoisotopic (exact) mass is 347 g/mol. The number of nitrogens with zero attached hydrogens (tertiary/aromatic N) is 1. The lowest BCUT2D eigenvalue weighted by Gasteiger charge is -2.15. The van der Waals surface area contributed by atoms with Crippen LogP contribution in [0.5, 0.6) is 0 Å². The SMILES string of the molecule is N#CCCC(F)(F)CNS(=O)(=O)c1c[nH]c2cc(Cl)ccc12. The third-order valence-corrected chi connectivity index (χ3v) is 4.70. The van der Waals surface area contributed by atoms with E-state index in [1.54, 1.807) is 6.07 Å². The van der Waals surface area contributed by atoms with Crippen molar-refractivity contribution in [1.82, 2.24) is 9.71 Å². The van der Waals surface area contributed by atoms with Gasteiger partial charge in [-0.05, 0) is 18.2 Å². The summed E-state index contributed by atoms with van der Waals surface area (Å²) in [5, 5.41) is 9.10. The van der Waals surface area contributed by atoms with E-state index in [-0.39, 0.29) is 11.3 Å². The van der Waals surface area contributed by atoms with Crippen LogP contribution >= 0.6 is 11.6 Å². The molecule has 1 heterocycles. The van der Waals surface area contributed by atoms with Crippen molar-refractivity contribution in [1.29, 1.82) is 5.26 Å². The van der Waals surface area contributed by atoms with Gasteiger partial charge in [0.1, 0.15) is 4.90 Å². The summed E-state index contributed by atoms with van der Waals surface area (Å²) in [6, 6.07) is 6.15. The molecule has 0 unspecified atom stereocenters. The smallest absolute Gasteiger partial charge is 0.262 e. The van der Waals surface area contributed by atoms with Crippen LogP contribution in [0.3, 0.4) is 0 Å². The highest BCUT2D eigenvalue weighted by Crippen LogP contribution is 2.26. The number of nitriles is 1. The number of aromatic amines is 1. The molecule has 2 aromatic rings. The molecule has 0 aliphatic rings. The van der Waals surface area contributed by atoms with Crippen LogP contribution in [0.1, 0.15) is 12.8 Å². The van der Waals surface area contributed by atoms with Crippen LogP contribution in [0, 0.1) is 11.3 Å². The number of aromatic nitrogens is 1. The molecule has 0 atom stereocenters. The van der Waals surface area contributed by atoms with Crippen molar-refractivity contribution in [3.63, 3.8) is 0 Å². The van der Waals surface area contributed by atoms with Crippen LogP contribution in [-0.2, 0) is 10.0 Å². The first-order chi connectivity index (χ1) is 10.2. The van der Waals surface area contributed by atoms with Crippen molar-refractivity contribution in [3.8, 4) is 6.07 Å². The molecule has 0 aliphatic carbocycles. The Bertz CT molecular complexity index is 827. The summed E-state index contributed by atoms with van der Waals surface area (Å²) >= 11 is 5.80. The molecule has 0 aliphatic heterocycles. The molecule has 22 heavy (non-hydrogen) atoms. The standard InChI is InChI=1S/C13H12ClF2N3O2S/c14-9-2-3-10-11(6-9)18-7-12(10)22(20,21)19-8-13(15,16)4-1-5-17/h2-3,6-7,18-19H,1,4,8H2. The van der Waals surface area contributed by atoms with Crippen LogP contribution in [0.25, 0.3) is 10.9 Å². The van der Waals surface area contributed by atoms with Gasteiger partial charge in [-0.15, -0.1) is 0 Å². The van der Waals surface area contributed by atoms with Gasteiger partial charge >= 0.3 is 0 Å². The Kier molecular flexibility index (Phi) is 4.70. The minimum absolute atomic E-state index is 0.129. The summed E-state index contributed by atoms with van der Waals surface area (Å²) in [6.45, 7) is -1.06. The number of sulfonamides is 1. The molecule has 9 heteroatoms. The number of rotatable bonds is 6. The molecule has 0 bridgehead atoms. The molecule has 118 valence electrons. The van der Waals surface area contributed by atoms with E-state index < -0.39 is 28.9 Å². The highest BCUT2D eigenvalue weighted by molar-refractivity contribution is 7.89. The van der Waals surface area contributed by atoms with E-state index in [9.17, 15) is 17.2 Å². The number of alkyl halides is 2. The first-order valence-corrected chi connectivity index (χ1v) is 8.12. The van der Waals surface area contributed by atoms with Crippen molar-refractivity contribution < 1.29 is 17.2 Å². The number of benzene rings is 1. The minimum atomic E-state index is -4.10. The van der Waals surface area contributed by atoms with E-state index >= 15 is 0 Å². The Morgan fingerprint density at radius 1 is 1.41 bits per heavy atom. The number of nitrogens with one attached hydrogen (secondary N) is 2. The molecule has 2 rings (SSSR count). The van der Waals surface area contributed by atoms with Crippen LogP contribution in [0.4, 0.5) is 8.78 Å². The van der Waals surface area contributed by atoms with E-state index in [1.807, 2.05) is 4.72 Å². The van der Waals surface area contributed by atoms with E-state index in [4.69, 9.17) is 16.9 Å². The zero-order valence-electron chi connectivity index (χ0n) is 11.2. The Morgan fingerprint density at radius 3 is 2.82 bits per heavy atom. The summed E-state index contributed by atoms with van der Waals surface area (Å²) in [6.07, 6.45) is 0.173. The quantitative estimate of drug-likeness (QED) is 0.842. The summed E-state index contributed by atoms with van der Waals surface area (Å²) in [5.41, 5.74) is 0.490. The molecule has 1 aromatic carbocycles. The Labute approximate surface area is 130 Å². The lowest BCUT2D eigenvalue weighted by atomic mass is 10.2. The number of hydrogen-bond donors (Lipinski definition) is 2. The Balaban J connectivity index is 2.21. The molecule has 0 fully saturated rings. The number of fused-ring (bicyclic) bond motifs is 1. The summed E-state index contributed by atoms with van der Waals surface area (Å²) in [5.74, 6) is -3.28. The van der Waals surface area contributed by atoms with Crippen LogP contribution in [0.2, 0.25) is 5.02 Å². The highest BCUT2D eigenvalue weighted by Gasteiger charge is 2.31. The third-order valence-electron chi connectivity index (χ3n) is 3.02. The Morgan fingerprint density at radius 2 is 2.14 bits per heavy atom. The second-order valence-corrected chi connectivity index (χ2v) is 6.85. The fraction of sp³-hybridized carbons (Fsp3) is 0.308. The van der Waals surface area contributed by atoms with Crippen molar-refractivity contribution in [2.45, 2.75) is 23.7 Å². The highest BCUT2D eigenvalue weighted by atomic mass is 35.5. The van der Waals surface area contributed by atoms with Gasteiger partial charge in [0.2, 0.25) is 10.0 Å². The van der Waals surface area contributed by atoms with E-state index in [2.05, 4.69) is 4.98 Å². The number of H-pyrrole nitrogens is 1. The van der Waals surface area contributed by atoms with E-state index in [1.165, 1.54) is 24.4 Å². The maximum absolute atomic E-state index is 13.4. The van der Waals surface area contributed by atoms with Crippen molar-refractivity contribution in [3.05, 3.63) is 29.4 Å². The molecule has 0 spiro atoms. The van der Waals surface area contributed by atoms with Gasteiger partial charge < -0.3 is 4.98 Å². The topological polar surface area (TPSA) is 85.8 Å². The molecular formula is C13H12ClF2N3O2S. The van der Waals surface area contributed by atoms with Gasteiger partial charge in [-0.2, -0.15) is 5.26 Å². The largest absolute Gasteiger partial charge is 0.360 e. The van der Waals surface area contributed by atoms with E-state index in [0.29, 0.717) is 15.9 Å². The average Bonchev–Trinajstić information content (AvgIpc) is 2.87. The van der Waals surface area contributed by atoms with Crippen LogP contribution < -0.4 is 4.72 Å². The van der Waals surface area contributed by atoms with E-state index in [0.717, 1.165) is 0 Å². The van der Waals surface area contributed by atoms with Crippen molar-refractivity contribution in [2.24, 2.45) is 0 Å². The van der Waals surface area contributed by atoms with Crippen molar-refractivity contribution in [2.75, 3.05) is 6.54 Å².